The highest BCUT2D eigenvalue weighted by Crippen LogP contribution is 2.52. The fourth-order valence-electron chi connectivity index (χ4n) is 3.58. The molecule has 0 atom stereocenters. The van der Waals surface area contributed by atoms with Crippen molar-refractivity contribution in [2.45, 2.75) is 26.9 Å². The Morgan fingerprint density at radius 2 is 1.50 bits per heavy atom. The molecule has 0 unspecified atom stereocenters. The Hall–Kier alpha value is -1.93. The van der Waals surface area contributed by atoms with E-state index in [1.54, 1.807) is 0 Å². The van der Waals surface area contributed by atoms with Crippen molar-refractivity contribution in [2.75, 3.05) is 14.2 Å². The zero-order chi connectivity index (χ0) is 18.9. The van der Waals surface area contributed by atoms with E-state index in [0.717, 1.165) is 27.6 Å². The molecule has 3 aromatic rings. The van der Waals surface area contributed by atoms with Crippen molar-refractivity contribution >= 4 is 18.4 Å². The van der Waals surface area contributed by atoms with Crippen LogP contribution in [0.15, 0.2) is 48.5 Å². The number of hydrogen-bond acceptors (Lipinski definition) is 3. The van der Waals surface area contributed by atoms with Crippen molar-refractivity contribution in [2.24, 2.45) is 0 Å². The van der Waals surface area contributed by atoms with Gasteiger partial charge in [0.05, 0.1) is 6.16 Å². The number of rotatable bonds is 5. The summed E-state index contributed by atoms with van der Waals surface area (Å²) < 4.78 is 23.3. The first-order valence-corrected chi connectivity index (χ1v) is 10.4. The normalized spacial score (nSPS) is 11.9. The molecule has 0 fully saturated rings. The van der Waals surface area contributed by atoms with Gasteiger partial charge in [0.2, 0.25) is 0 Å². The fourth-order valence-corrected chi connectivity index (χ4v) is 4.78. The Balaban J connectivity index is 2.36. The van der Waals surface area contributed by atoms with Gasteiger partial charge in [-0.2, -0.15) is 0 Å². The van der Waals surface area contributed by atoms with Gasteiger partial charge in [0.15, 0.2) is 0 Å². The maximum absolute atomic E-state index is 12.9. The van der Waals surface area contributed by atoms with Crippen LogP contribution in [0.4, 0.5) is 0 Å². The van der Waals surface area contributed by atoms with Gasteiger partial charge in [-0.05, 0) is 53.8 Å². The molecule has 0 aromatic heterocycles. The summed E-state index contributed by atoms with van der Waals surface area (Å²) in [6.45, 7) is 6.26. The Morgan fingerprint density at radius 3 is 2.12 bits per heavy atom. The molecule has 0 aliphatic rings. The van der Waals surface area contributed by atoms with Gasteiger partial charge in [-0.3, -0.25) is 4.57 Å². The molecule has 26 heavy (non-hydrogen) atoms. The molecule has 0 aliphatic carbocycles. The lowest BCUT2D eigenvalue weighted by Gasteiger charge is -2.21. The molecule has 3 nitrogen and oxygen atoms in total. The van der Waals surface area contributed by atoms with Crippen LogP contribution in [-0.2, 0) is 19.8 Å². The lowest BCUT2D eigenvalue weighted by Crippen LogP contribution is -2.00. The Bertz CT molecular complexity index is 979. The first kappa shape index (κ1) is 18.8. The van der Waals surface area contributed by atoms with Crippen molar-refractivity contribution in [1.29, 1.82) is 0 Å². The van der Waals surface area contributed by atoms with Gasteiger partial charge >= 0.3 is 7.60 Å². The minimum absolute atomic E-state index is 0.249. The highest BCUT2D eigenvalue weighted by atomic mass is 31.2. The van der Waals surface area contributed by atoms with Gasteiger partial charge in [-0.25, -0.2) is 0 Å². The second-order valence-electron chi connectivity index (χ2n) is 6.78. The van der Waals surface area contributed by atoms with E-state index in [1.165, 1.54) is 30.7 Å². The number of benzene rings is 3. The van der Waals surface area contributed by atoms with Crippen LogP contribution < -0.4 is 0 Å². The van der Waals surface area contributed by atoms with Crippen LogP contribution in [0, 0.1) is 20.8 Å². The van der Waals surface area contributed by atoms with Crippen molar-refractivity contribution in [3.63, 3.8) is 0 Å². The predicted octanol–water partition coefficient (Wildman–Crippen LogP) is 6.42. The van der Waals surface area contributed by atoms with E-state index in [2.05, 4.69) is 57.2 Å². The number of aryl methyl sites for hydroxylation is 3. The molecule has 0 bridgehead atoms. The molecular weight excluding hydrogens is 343 g/mol. The molecule has 3 aromatic carbocycles. The molecule has 0 radical (unpaired) electrons. The first-order valence-electron chi connectivity index (χ1n) is 8.67. The van der Waals surface area contributed by atoms with Crippen molar-refractivity contribution in [1.82, 2.24) is 0 Å². The van der Waals surface area contributed by atoms with Crippen molar-refractivity contribution in [3.05, 3.63) is 70.8 Å². The number of hydrogen-bond donors (Lipinski definition) is 0. The Morgan fingerprint density at radius 1 is 0.885 bits per heavy atom. The van der Waals surface area contributed by atoms with Crippen LogP contribution in [0.2, 0.25) is 0 Å². The van der Waals surface area contributed by atoms with E-state index in [9.17, 15) is 4.57 Å². The smallest absolute Gasteiger partial charge is 0.312 e. The summed E-state index contributed by atoms with van der Waals surface area (Å²) in [6.07, 6.45) is 0.249. The molecule has 0 spiro atoms. The standard InChI is InChI=1S/C22H25O3P/c1-15-10-16(2)12-19(11-15)22-20-9-7-6-8-18(20)13-17(3)21(22)14-26(23,24-4)25-5/h6-13H,14H2,1-5H3. The average molecular weight is 368 g/mol. The van der Waals surface area contributed by atoms with Crippen LogP contribution in [0.1, 0.15) is 22.3 Å². The van der Waals surface area contributed by atoms with E-state index in [4.69, 9.17) is 9.05 Å². The van der Waals surface area contributed by atoms with Crippen molar-refractivity contribution < 1.29 is 13.6 Å². The van der Waals surface area contributed by atoms with Crippen LogP contribution in [-0.4, -0.2) is 14.2 Å². The van der Waals surface area contributed by atoms with E-state index < -0.39 is 7.60 Å². The molecular formula is C22H25O3P. The van der Waals surface area contributed by atoms with Crippen LogP contribution >= 0.6 is 7.60 Å². The van der Waals surface area contributed by atoms with E-state index in [1.807, 2.05) is 12.1 Å². The Kier molecular flexibility index (Phi) is 5.34. The molecule has 3 rings (SSSR count). The van der Waals surface area contributed by atoms with Gasteiger partial charge in [0, 0.05) is 14.2 Å². The summed E-state index contributed by atoms with van der Waals surface area (Å²) >= 11 is 0. The summed E-state index contributed by atoms with van der Waals surface area (Å²) in [5.74, 6) is 0. The maximum Gasteiger partial charge on any atom is 0.334 e. The van der Waals surface area contributed by atoms with Crippen LogP contribution in [0.25, 0.3) is 21.9 Å². The van der Waals surface area contributed by atoms with E-state index in [-0.39, 0.29) is 6.16 Å². The molecule has 0 saturated heterocycles. The second kappa shape index (κ2) is 7.36. The monoisotopic (exact) mass is 368 g/mol. The predicted molar refractivity (Wildman–Crippen MR) is 109 cm³/mol. The molecule has 136 valence electrons. The van der Waals surface area contributed by atoms with Gasteiger partial charge < -0.3 is 9.05 Å². The largest absolute Gasteiger partial charge is 0.334 e. The second-order valence-corrected chi connectivity index (χ2v) is 9.05. The molecule has 0 N–H and O–H groups in total. The summed E-state index contributed by atoms with van der Waals surface area (Å²) in [5.41, 5.74) is 6.77. The summed E-state index contributed by atoms with van der Waals surface area (Å²) in [6, 6.07) is 17.0. The zero-order valence-electron chi connectivity index (χ0n) is 16.0. The highest BCUT2D eigenvalue weighted by Gasteiger charge is 2.26. The molecule has 4 heteroatoms. The molecule has 0 heterocycles. The van der Waals surface area contributed by atoms with E-state index >= 15 is 0 Å². The molecule has 0 amide bonds. The van der Waals surface area contributed by atoms with Gasteiger partial charge in [-0.1, -0.05) is 59.7 Å². The highest BCUT2D eigenvalue weighted by molar-refractivity contribution is 7.53. The van der Waals surface area contributed by atoms with E-state index in [0.29, 0.717) is 0 Å². The third kappa shape index (κ3) is 3.61. The summed E-state index contributed by atoms with van der Waals surface area (Å²) in [7, 11) is -0.296. The lowest BCUT2D eigenvalue weighted by atomic mass is 9.89. The van der Waals surface area contributed by atoms with Crippen molar-refractivity contribution in [3.8, 4) is 11.1 Å². The summed E-state index contributed by atoms with van der Waals surface area (Å²) in [5, 5.41) is 2.32. The molecule has 0 aliphatic heterocycles. The van der Waals surface area contributed by atoms with Crippen LogP contribution in [0.5, 0.6) is 0 Å². The minimum atomic E-state index is -3.18. The summed E-state index contributed by atoms with van der Waals surface area (Å²) in [4.78, 5) is 0. The van der Waals surface area contributed by atoms with Crippen LogP contribution in [0.3, 0.4) is 0 Å². The van der Waals surface area contributed by atoms with Gasteiger partial charge in [-0.15, -0.1) is 0 Å². The Labute approximate surface area is 155 Å². The topological polar surface area (TPSA) is 35.5 Å². The maximum atomic E-state index is 12.9. The lowest BCUT2D eigenvalue weighted by molar-refractivity contribution is 0.275. The number of fused-ring (bicyclic) bond motifs is 1. The average Bonchev–Trinajstić information content (AvgIpc) is 2.61. The third-order valence-corrected chi connectivity index (χ3v) is 6.61. The molecule has 0 saturated carbocycles. The first-order chi connectivity index (χ1) is 12.4. The van der Waals surface area contributed by atoms with Gasteiger partial charge in [0.1, 0.15) is 0 Å². The minimum Gasteiger partial charge on any atom is -0.312 e. The zero-order valence-corrected chi connectivity index (χ0v) is 16.9. The third-order valence-electron chi connectivity index (χ3n) is 4.80. The van der Waals surface area contributed by atoms with Gasteiger partial charge in [0.25, 0.3) is 0 Å². The SMILES string of the molecule is COP(=O)(Cc1c(C)cc2ccccc2c1-c1cc(C)cc(C)c1)OC. The fraction of sp³-hybridized carbons (Fsp3) is 0.273. The quantitative estimate of drug-likeness (QED) is 0.488.